The number of primary amides is 1. The first-order chi connectivity index (χ1) is 19.0. The molecule has 0 aliphatic heterocycles. The van der Waals surface area contributed by atoms with E-state index < -0.39 is 12.0 Å². The van der Waals surface area contributed by atoms with Crippen molar-refractivity contribution in [2.75, 3.05) is 32.9 Å². The number of aldehydes is 1. The molecule has 3 aromatic carbocycles. The predicted molar refractivity (Wildman–Crippen MR) is 153 cm³/mol. The molecule has 1 unspecified atom stereocenters. The van der Waals surface area contributed by atoms with Gasteiger partial charge < -0.3 is 24.9 Å². The minimum absolute atomic E-state index is 0.0391. The van der Waals surface area contributed by atoms with E-state index in [9.17, 15) is 14.4 Å². The van der Waals surface area contributed by atoms with E-state index in [2.05, 4.69) is 12.1 Å². The molecule has 0 radical (unpaired) electrons. The number of benzene rings is 3. The maximum atomic E-state index is 12.3. The van der Waals surface area contributed by atoms with Crippen molar-refractivity contribution < 1.29 is 23.9 Å². The normalized spacial score (nSPS) is 11.1. The monoisotopic (exact) mass is 532 g/mol. The van der Waals surface area contributed by atoms with Gasteiger partial charge in [-0.15, -0.1) is 0 Å². The van der Waals surface area contributed by atoms with E-state index in [0.717, 1.165) is 31.1 Å². The topological polar surface area (TPSA) is 98.9 Å². The summed E-state index contributed by atoms with van der Waals surface area (Å²) in [7, 11) is 0. The van der Waals surface area contributed by atoms with Gasteiger partial charge in [0, 0.05) is 6.54 Å². The Morgan fingerprint density at radius 2 is 1.26 bits per heavy atom. The average Bonchev–Trinajstić information content (AvgIpc) is 2.97. The summed E-state index contributed by atoms with van der Waals surface area (Å²) >= 11 is 0. The van der Waals surface area contributed by atoms with Crippen LogP contribution in [0.4, 0.5) is 0 Å². The molecule has 7 heteroatoms. The first-order valence-corrected chi connectivity index (χ1v) is 13.3. The second-order valence-corrected chi connectivity index (χ2v) is 8.99. The van der Waals surface area contributed by atoms with E-state index in [1.807, 2.05) is 78.9 Å². The summed E-state index contributed by atoms with van der Waals surface area (Å²) < 4.78 is 10.8. The number of carbonyl (C=O) groups excluding carboxylic acids is 3. The van der Waals surface area contributed by atoms with Gasteiger partial charge in [-0.3, -0.25) is 9.59 Å². The van der Waals surface area contributed by atoms with Crippen LogP contribution in [0.25, 0.3) is 0 Å². The highest BCUT2D eigenvalue weighted by Crippen LogP contribution is 2.04. The molecule has 208 valence electrons. The van der Waals surface area contributed by atoms with Crippen LogP contribution in [0.15, 0.2) is 91.0 Å². The Bertz CT molecular complexity index is 1080. The standard InChI is InChI=1S/C21H25NO3.C11H15NO2/c23-16-15-22(14-11-19-7-3-1-4-8-19)21(24)13-18-25-17-12-20-9-5-2-6-10-20;1-9(11(12)13)14-8-7-10-5-3-2-4-6-10/h1-10,16H,11-15,17-18H2;2-6,9H,7-8H2,1H3,(H2,12,13). The largest absolute Gasteiger partial charge is 0.381 e. The maximum absolute atomic E-state index is 12.3. The summed E-state index contributed by atoms with van der Waals surface area (Å²) in [5.74, 6) is -0.458. The Balaban J connectivity index is 0.000000322. The Morgan fingerprint density at radius 3 is 1.74 bits per heavy atom. The smallest absolute Gasteiger partial charge is 0.246 e. The second-order valence-electron chi connectivity index (χ2n) is 8.99. The first kappa shape index (κ1) is 31.4. The quantitative estimate of drug-likeness (QED) is 0.222. The second kappa shape index (κ2) is 19.3. The zero-order chi connectivity index (χ0) is 28.1. The third kappa shape index (κ3) is 14.1. The van der Waals surface area contributed by atoms with Crippen LogP contribution < -0.4 is 5.73 Å². The van der Waals surface area contributed by atoms with Crippen molar-refractivity contribution in [1.82, 2.24) is 4.90 Å². The van der Waals surface area contributed by atoms with Gasteiger partial charge >= 0.3 is 0 Å². The average molecular weight is 533 g/mol. The van der Waals surface area contributed by atoms with Crippen molar-refractivity contribution in [3.63, 3.8) is 0 Å². The van der Waals surface area contributed by atoms with E-state index in [1.165, 1.54) is 11.1 Å². The number of carbonyl (C=O) groups is 3. The highest BCUT2D eigenvalue weighted by molar-refractivity contribution is 5.78. The molecule has 0 aromatic heterocycles. The van der Waals surface area contributed by atoms with E-state index >= 15 is 0 Å². The lowest BCUT2D eigenvalue weighted by molar-refractivity contribution is -0.134. The lowest BCUT2D eigenvalue weighted by atomic mass is 10.1. The van der Waals surface area contributed by atoms with Crippen LogP contribution in [-0.2, 0) is 43.1 Å². The molecule has 39 heavy (non-hydrogen) atoms. The fraction of sp³-hybridized carbons (Fsp3) is 0.344. The number of ether oxygens (including phenoxy) is 2. The number of rotatable bonds is 16. The van der Waals surface area contributed by atoms with Gasteiger partial charge in [0.1, 0.15) is 12.4 Å². The third-order valence-electron chi connectivity index (χ3n) is 6.00. The number of amides is 2. The van der Waals surface area contributed by atoms with Crippen molar-refractivity contribution in [1.29, 1.82) is 0 Å². The summed E-state index contributed by atoms with van der Waals surface area (Å²) in [5, 5.41) is 0. The zero-order valence-corrected chi connectivity index (χ0v) is 22.7. The van der Waals surface area contributed by atoms with Crippen LogP contribution in [0.2, 0.25) is 0 Å². The van der Waals surface area contributed by atoms with Crippen LogP contribution in [0.5, 0.6) is 0 Å². The number of hydrogen-bond acceptors (Lipinski definition) is 5. The lowest BCUT2D eigenvalue weighted by Gasteiger charge is -2.20. The molecule has 0 spiro atoms. The Morgan fingerprint density at radius 1 is 0.769 bits per heavy atom. The Hall–Kier alpha value is -3.81. The Kier molecular flexibility index (Phi) is 15.5. The minimum Gasteiger partial charge on any atom is -0.381 e. The molecule has 2 amide bonds. The van der Waals surface area contributed by atoms with Gasteiger partial charge in [-0.05, 0) is 42.9 Å². The summed E-state index contributed by atoms with van der Waals surface area (Å²) in [6.45, 7) is 3.84. The van der Waals surface area contributed by atoms with Crippen molar-refractivity contribution in [2.45, 2.75) is 38.7 Å². The molecule has 7 nitrogen and oxygen atoms in total. The van der Waals surface area contributed by atoms with Crippen molar-refractivity contribution in [2.24, 2.45) is 5.73 Å². The van der Waals surface area contributed by atoms with Gasteiger partial charge in [0.15, 0.2) is 0 Å². The van der Waals surface area contributed by atoms with Crippen LogP contribution >= 0.6 is 0 Å². The molecule has 3 rings (SSSR count). The highest BCUT2D eigenvalue weighted by Gasteiger charge is 2.13. The maximum Gasteiger partial charge on any atom is 0.246 e. The summed E-state index contributed by atoms with van der Waals surface area (Å²) in [6, 6.07) is 30.0. The van der Waals surface area contributed by atoms with Gasteiger partial charge in [-0.25, -0.2) is 0 Å². The van der Waals surface area contributed by atoms with Crippen LogP contribution in [-0.4, -0.2) is 62.0 Å². The number of hydrogen-bond donors (Lipinski definition) is 1. The summed E-state index contributed by atoms with van der Waals surface area (Å²) in [6.07, 6.45) is 2.96. The van der Waals surface area contributed by atoms with Crippen LogP contribution in [0.1, 0.15) is 30.0 Å². The molecule has 0 bridgehead atoms. The zero-order valence-electron chi connectivity index (χ0n) is 22.7. The SMILES string of the molecule is CC(OCCc1ccccc1)C(N)=O.O=CCN(CCc1ccccc1)C(=O)CCOCCc1ccccc1. The molecular weight excluding hydrogens is 492 g/mol. The lowest BCUT2D eigenvalue weighted by Crippen LogP contribution is -2.35. The van der Waals surface area contributed by atoms with Crippen molar-refractivity contribution >= 4 is 18.1 Å². The highest BCUT2D eigenvalue weighted by atomic mass is 16.5. The number of nitrogens with zero attached hydrogens (tertiary/aromatic N) is 1. The molecule has 0 fully saturated rings. The summed E-state index contributed by atoms with van der Waals surface area (Å²) in [4.78, 5) is 35.4. The van der Waals surface area contributed by atoms with Crippen molar-refractivity contribution in [3.05, 3.63) is 108 Å². The third-order valence-corrected chi connectivity index (χ3v) is 6.00. The summed E-state index contributed by atoms with van der Waals surface area (Å²) in [5.41, 5.74) is 8.63. The van der Waals surface area contributed by atoms with E-state index in [1.54, 1.807) is 11.8 Å². The van der Waals surface area contributed by atoms with Gasteiger partial charge in [0.25, 0.3) is 0 Å². The van der Waals surface area contributed by atoms with Crippen LogP contribution in [0.3, 0.4) is 0 Å². The molecule has 0 saturated carbocycles. The van der Waals surface area contributed by atoms with E-state index in [0.29, 0.717) is 32.8 Å². The van der Waals surface area contributed by atoms with Gasteiger partial charge in [-0.1, -0.05) is 91.0 Å². The van der Waals surface area contributed by atoms with Crippen LogP contribution in [0, 0.1) is 0 Å². The minimum atomic E-state index is -0.501. The fourth-order valence-corrected chi connectivity index (χ4v) is 3.65. The first-order valence-electron chi connectivity index (χ1n) is 13.3. The molecular formula is C32H40N2O5. The van der Waals surface area contributed by atoms with Crippen molar-refractivity contribution in [3.8, 4) is 0 Å². The van der Waals surface area contributed by atoms with Gasteiger partial charge in [-0.2, -0.15) is 0 Å². The van der Waals surface area contributed by atoms with Gasteiger partial charge in [0.05, 0.1) is 32.8 Å². The molecule has 0 heterocycles. The van der Waals surface area contributed by atoms with Gasteiger partial charge in [0.2, 0.25) is 11.8 Å². The molecule has 0 aliphatic carbocycles. The Labute approximate surface area is 231 Å². The molecule has 0 saturated heterocycles. The molecule has 3 aromatic rings. The molecule has 1 atom stereocenters. The van der Waals surface area contributed by atoms with E-state index in [4.69, 9.17) is 15.2 Å². The number of nitrogens with two attached hydrogens (primary N) is 1. The molecule has 0 aliphatic rings. The fourth-order valence-electron chi connectivity index (χ4n) is 3.65. The predicted octanol–water partition coefficient (Wildman–Crippen LogP) is 4.03. The van der Waals surface area contributed by atoms with E-state index in [-0.39, 0.29) is 12.5 Å². The molecule has 2 N–H and O–H groups in total.